The predicted octanol–water partition coefficient (Wildman–Crippen LogP) is 3.89. The third-order valence-electron chi connectivity index (χ3n) is 5.99. The van der Waals surface area contributed by atoms with Gasteiger partial charge in [-0.3, -0.25) is 0 Å². The molecule has 0 aliphatic heterocycles. The Labute approximate surface area is 199 Å². The molecule has 3 aromatic rings. The zero-order valence-electron chi connectivity index (χ0n) is 19.9. The number of aliphatic hydroxyl groups excluding tert-OH is 2. The van der Waals surface area contributed by atoms with Gasteiger partial charge < -0.3 is 19.4 Å². The Bertz CT molecular complexity index is 902. The van der Waals surface area contributed by atoms with Crippen LogP contribution in [-0.2, 0) is 15.8 Å². The zero-order chi connectivity index (χ0) is 23.7. The Kier molecular flexibility index (Phi) is 9.00. The highest BCUT2D eigenvalue weighted by Crippen LogP contribution is 2.36. The minimum Gasteiger partial charge on any atom is -0.407 e. The Hall–Kier alpha value is -2.28. The van der Waals surface area contributed by atoms with E-state index in [0.717, 1.165) is 5.56 Å². The number of rotatable bonds is 11. The van der Waals surface area contributed by atoms with Gasteiger partial charge in [-0.2, -0.15) is 0 Å². The van der Waals surface area contributed by atoms with Gasteiger partial charge in [0.05, 0.1) is 19.3 Å². The molecular weight excluding hydrogens is 428 g/mol. The van der Waals surface area contributed by atoms with E-state index in [1.807, 2.05) is 42.5 Å². The highest BCUT2D eigenvalue weighted by Gasteiger charge is 2.50. The molecule has 4 nitrogen and oxygen atoms in total. The molecule has 5 heteroatoms. The lowest BCUT2D eigenvalue weighted by Crippen LogP contribution is -2.66. The fourth-order valence-electron chi connectivity index (χ4n) is 4.27. The Balaban J connectivity index is 1.67. The molecule has 0 spiro atoms. The van der Waals surface area contributed by atoms with Gasteiger partial charge in [-0.05, 0) is 27.4 Å². The van der Waals surface area contributed by atoms with Crippen LogP contribution in [0.15, 0.2) is 91.0 Å². The van der Waals surface area contributed by atoms with Crippen molar-refractivity contribution in [1.29, 1.82) is 0 Å². The summed E-state index contributed by atoms with van der Waals surface area (Å²) < 4.78 is 12.4. The number of ether oxygens (including phenoxy) is 1. The predicted molar refractivity (Wildman–Crippen MR) is 136 cm³/mol. The molecule has 3 rings (SSSR count). The van der Waals surface area contributed by atoms with E-state index in [0.29, 0.717) is 19.6 Å². The summed E-state index contributed by atoms with van der Waals surface area (Å²) >= 11 is 0. The molecule has 3 aromatic carbocycles. The minimum atomic E-state index is -2.64. The molecule has 33 heavy (non-hydrogen) atoms. The lowest BCUT2D eigenvalue weighted by molar-refractivity contribution is -0.0484. The molecule has 0 radical (unpaired) electrons. The maximum Gasteiger partial charge on any atom is 0.261 e. The van der Waals surface area contributed by atoms with Gasteiger partial charge >= 0.3 is 0 Å². The lowest BCUT2D eigenvalue weighted by atomic mass is 10.1. The normalized spacial score (nSPS) is 14.1. The van der Waals surface area contributed by atoms with Crippen LogP contribution in [0.5, 0.6) is 0 Å². The van der Waals surface area contributed by atoms with E-state index < -0.39 is 20.5 Å². The summed E-state index contributed by atoms with van der Waals surface area (Å²) in [6.45, 7) is 7.51. The standard InChI is InChI=1S/C28H36O4Si/c1-28(2,3)33(24-15-9-5-10-16-24,25-17-11-6-12-18-25)32-20-19-26(29)27(30)22-31-21-23-13-7-4-8-14-23/h4-18,26-27,29-30H,19-22H2,1-3H3/t26-,27-/m0/s1. The summed E-state index contributed by atoms with van der Waals surface area (Å²) in [4.78, 5) is 0. The number of aliphatic hydroxyl groups is 2. The number of benzene rings is 3. The first-order chi connectivity index (χ1) is 15.8. The van der Waals surface area contributed by atoms with Gasteiger partial charge in [0.1, 0.15) is 6.10 Å². The van der Waals surface area contributed by atoms with Crippen LogP contribution in [0.3, 0.4) is 0 Å². The van der Waals surface area contributed by atoms with Crippen molar-refractivity contribution in [2.75, 3.05) is 13.2 Å². The van der Waals surface area contributed by atoms with E-state index in [-0.39, 0.29) is 11.6 Å². The highest BCUT2D eigenvalue weighted by molar-refractivity contribution is 6.99. The van der Waals surface area contributed by atoms with Crippen molar-refractivity contribution >= 4 is 18.7 Å². The quantitative estimate of drug-likeness (QED) is 0.423. The average Bonchev–Trinajstić information content (AvgIpc) is 2.82. The summed E-state index contributed by atoms with van der Waals surface area (Å²) in [6, 6.07) is 30.6. The van der Waals surface area contributed by atoms with Crippen LogP contribution >= 0.6 is 0 Å². The van der Waals surface area contributed by atoms with Crippen LogP contribution in [0.1, 0.15) is 32.8 Å². The summed E-state index contributed by atoms with van der Waals surface area (Å²) in [7, 11) is -2.64. The topological polar surface area (TPSA) is 58.9 Å². The van der Waals surface area contributed by atoms with E-state index in [9.17, 15) is 10.2 Å². The molecule has 176 valence electrons. The maximum atomic E-state index is 10.6. The van der Waals surface area contributed by atoms with Gasteiger partial charge in [-0.15, -0.1) is 0 Å². The third-order valence-corrected chi connectivity index (χ3v) is 11.0. The second-order valence-electron chi connectivity index (χ2n) is 9.44. The molecule has 0 saturated heterocycles. The van der Waals surface area contributed by atoms with Gasteiger partial charge in [0.15, 0.2) is 0 Å². The van der Waals surface area contributed by atoms with Gasteiger partial charge in [-0.25, -0.2) is 0 Å². The van der Waals surface area contributed by atoms with Crippen molar-refractivity contribution < 1.29 is 19.4 Å². The van der Waals surface area contributed by atoms with Gasteiger partial charge in [0.25, 0.3) is 8.32 Å². The fraction of sp³-hybridized carbons (Fsp3) is 0.357. The first kappa shape index (κ1) is 25.3. The molecule has 0 aliphatic carbocycles. The van der Waals surface area contributed by atoms with Crippen molar-refractivity contribution in [3.05, 3.63) is 96.6 Å². The van der Waals surface area contributed by atoms with Crippen LogP contribution in [-0.4, -0.2) is 44.0 Å². The summed E-state index contributed by atoms with van der Waals surface area (Å²) in [5.41, 5.74) is 1.04. The SMILES string of the molecule is CC(C)(C)[Si](OCC[C@H](O)[C@@H](O)COCc1ccccc1)(c1ccccc1)c1ccccc1. The van der Waals surface area contributed by atoms with Gasteiger partial charge in [-0.1, -0.05) is 112 Å². The lowest BCUT2D eigenvalue weighted by Gasteiger charge is -2.43. The van der Waals surface area contributed by atoms with Crippen LogP contribution < -0.4 is 10.4 Å². The van der Waals surface area contributed by atoms with E-state index >= 15 is 0 Å². The number of hydrogen-bond acceptors (Lipinski definition) is 4. The molecule has 0 bridgehead atoms. The Morgan fingerprint density at radius 2 is 1.21 bits per heavy atom. The van der Waals surface area contributed by atoms with Crippen molar-refractivity contribution in [3.8, 4) is 0 Å². The highest BCUT2D eigenvalue weighted by atomic mass is 28.4. The fourth-order valence-corrected chi connectivity index (χ4v) is 8.85. The van der Waals surface area contributed by atoms with Crippen molar-refractivity contribution in [3.63, 3.8) is 0 Å². The zero-order valence-corrected chi connectivity index (χ0v) is 20.9. The largest absolute Gasteiger partial charge is 0.407 e. The van der Waals surface area contributed by atoms with Crippen LogP contribution in [0.4, 0.5) is 0 Å². The van der Waals surface area contributed by atoms with E-state index in [2.05, 4.69) is 69.3 Å². The number of hydrogen-bond donors (Lipinski definition) is 2. The first-order valence-corrected chi connectivity index (χ1v) is 13.5. The van der Waals surface area contributed by atoms with E-state index in [1.54, 1.807) is 0 Å². The second-order valence-corrected chi connectivity index (χ2v) is 13.7. The van der Waals surface area contributed by atoms with Crippen LogP contribution in [0.25, 0.3) is 0 Å². The molecule has 2 atom stereocenters. The molecule has 2 N–H and O–H groups in total. The third kappa shape index (κ3) is 6.40. The molecule has 0 aliphatic rings. The second kappa shape index (κ2) is 11.7. The minimum absolute atomic E-state index is 0.0786. The molecule has 0 unspecified atom stereocenters. The Morgan fingerprint density at radius 3 is 1.70 bits per heavy atom. The van der Waals surface area contributed by atoms with Crippen molar-refractivity contribution in [2.24, 2.45) is 0 Å². The Morgan fingerprint density at radius 1 is 0.727 bits per heavy atom. The smallest absolute Gasteiger partial charge is 0.261 e. The van der Waals surface area contributed by atoms with Crippen LogP contribution in [0, 0.1) is 0 Å². The molecule has 0 aromatic heterocycles. The first-order valence-electron chi connectivity index (χ1n) is 11.6. The summed E-state index contributed by atoms with van der Waals surface area (Å²) in [5, 5.41) is 23.2. The average molecular weight is 465 g/mol. The monoisotopic (exact) mass is 464 g/mol. The van der Waals surface area contributed by atoms with Crippen molar-refractivity contribution in [2.45, 2.75) is 51.0 Å². The van der Waals surface area contributed by atoms with Gasteiger partial charge in [0.2, 0.25) is 0 Å². The summed E-state index contributed by atoms with van der Waals surface area (Å²) in [6.07, 6.45) is -1.55. The van der Waals surface area contributed by atoms with E-state index in [4.69, 9.17) is 9.16 Å². The van der Waals surface area contributed by atoms with Crippen LogP contribution in [0.2, 0.25) is 5.04 Å². The molecule has 0 amide bonds. The molecule has 0 saturated carbocycles. The molecule has 0 fully saturated rings. The van der Waals surface area contributed by atoms with E-state index in [1.165, 1.54) is 10.4 Å². The van der Waals surface area contributed by atoms with Crippen molar-refractivity contribution in [1.82, 2.24) is 0 Å². The molecule has 0 heterocycles. The van der Waals surface area contributed by atoms with Gasteiger partial charge in [0, 0.05) is 6.61 Å². The summed E-state index contributed by atoms with van der Waals surface area (Å²) in [5.74, 6) is 0. The maximum absolute atomic E-state index is 10.6. The molecular formula is C28H36O4Si.